The highest BCUT2D eigenvalue weighted by Gasteiger charge is 2.08. The van der Waals surface area contributed by atoms with Gasteiger partial charge in [0.05, 0.1) is 11.9 Å². The van der Waals surface area contributed by atoms with E-state index in [0.29, 0.717) is 10.7 Å². The summed E-state index contributed by atoms with van der Waals surface area (Å²) in [6.45, 7) is 0. The summed E-state index contributed by atoms with van der Waals surface area (Å²) >= 11 is 7.35. The number of nitrogens with one attached hydrogen (secondary N) is 1. The van der Waals surface area contributed by atoms with E-state index in [1.165, 1.54) is 17.7 Å². The largest absolute Gasteiger partial charge is 0.330 e. The first kappa shape index (κ1) is 10.4. The normalized spacial score (nSPS) is 10.6. The van der Waals surface area contributed by atoms with Crippen LogP contribution in [0.25, 0.3) is 10.3 Å². The highest BCUT2D eigenvalue weighted by atomic mass is 35.5. The van der Waals surface area contributed by atoms with E-state index >= 15 is 0 Å². The van der Waals surface area contributed by atoms with Crippen molar-refractivity contribution in [3.05, 3.63) is 36.0 Å². The van der Waals surface area contributed by atoms with Gasteiger partial charge in [-0.15, -0.1) is 0 Å². The van der Waals surface area contributed by atoms with Crippen LogP contribution in [-0.2, 0) is 0 Å². The average Bonchev–Trinajstić information content (AvgIpc) is 2.74. The molecular formula is C10H6ClN5S. The van der Waals surface area contributed by atoms with E-state index in [1.54, 1.807) is 12.4 Å². The summed E-state index contributed by atoms with van der Waals surface area (Å²) in [5.41, 5.74) is 1.49. The summed E-state index contributed by atoms with van der Waals surface area (Å²) in [6, 6.07) is 3.76. The molecule has 0 saturated carbocycles. The molecule has 0 aliphatic heterocycles. The average molecular weight is 264 g/mol. The Bertz CT molecular complexity index is 654. The molecule has 3 aromatic heterocycles. The van der Waals surface area contributed by atoms with Crippen LogP contribution < -0.4 is 5.32 Å². The van der Waals surface area contributed by atoms with Crippen molar-refractivity contribution in [3.63, 3.8) is 0 Å². The van der Waals surface area contributed by atoms with Crippen molar-refractivity contribution in [2.45, 2.75) is 0 Å². The zero-order valence-corrected chi connectivity index (χ0v) is 10.0. The second kappa shape index (κ2) is 4.23. The minimum Gasteiger partial charge on any atom is -0.330 e. The van der Waals surface area contributed by atoms with Crippen molar-refractivity contribution >= 4 is 44.1 Å². The first-order chi connectivity index (χ1) is 8.33. The summed E-state index contributed by atoms with van der Waals surface area (Å²) in [5, 5.41) is 4.22. The van der Waals surface area contributed by atoms with Crippen LogP contribution in [0.1, 0.15) is 0 Å². The van der Waals surface area contributed by atoms with Gasteiger partial charge in [0.15, 0.2) is 10.3 Å². The van der Waals surface area contributed by atoms with E-state index in [-0.39, 0.29) is 0 Å². The number of nitrogens with zero attached hydrogens (tertiary/aromatic N) is 4. The van der Waals surface area contributed by atoms with Gasteiger partial charge in [0.25, 0.3) is 0 Å². The van der Waals surface area contributed by atoms with Crippen molar-refractivity contribution in [1.82, 2.24) is 19.9 Å². The standard InChI is InChI=1S/C10H6ClN5S/c11-8-7-9(14-5-13-8)17-10(16-7)15-6-2-1-3-12-4-6/h1-5H,(H,15,16). The van der Waals surface area contributed by atoms with Gasteiger partial charge < -0.3 is 5.32 Å². The summed E-state index contributed by atoms with van der Waals surface area (Å²) in [5.74, 6) is 0. The van der Waals surface area contributed by atoms with Crippen LogP contribution in [0.3, 0.4) is 0 Å². The number of anilines is 2. The Balaban J connectivity index is 1.99. The molecule has 1 N–H and O–H groups in total. The van der Waals surface area contributed by atoms with Crippen LogP contribution in [0.4, 0.5) is 10.8 Å². The number of halogens is 1. The summed E-state index contributed by atoms with van der Waals surface area (Å²) in [7, 11) is 0. The highest BCUT2D eigenvalue weighted by Crippen LogP contribution is 2.29. The van der Waals surface area contributed by atoms with Crippen LogP contribution in [0.2, 0.25) is 5.15 Å². The van der Waals surface area contributed by atoms with Crippen molar-refractivity contribution in [2.24, 2.45) is 0 Å². The molecule has 0 unspecified atom stereocenters. The van der Waals surface area contributed by atoms with E-state index in [2.05, 4.69) is 25.3 Å². The van der Waals surface area contributed by atoms with Gasteiger partial charge in [-0.3, -0.25) is 4.98 Å². The van der Waals surface area contributed by atoms with Crippen LogP contribution in [0.15, 0.2) is 30.9 Å². The Morgan fingerprint density at radius 3 is 3.00 bits per heavy atom. The monoisotopic (exact) mass is 263 g/mol. The lowest BCUT2D eigenvalue weighted by Gasteiger charge is -1.99. The quantitative estimate of drug-likeness (QED) is 0.720. The van der Waals surface area contributed by atoms with E-state index in [0.717, 1.165) is 15.6 Å². The number of rotatable bonds is 2. The van der Waals surface area contributed by atoms with Gasteiger partial charge in [0.2, 0.25) is 0 Å². The predicted octanol–water partition coefficient (Wildman–Crippen LogP) is 2.88. The summed E-state index contributed by atoms with van der Waals surface area (Å²) in [6.07, 6.45) is 4.86. The third kappa shape index (κ3) is 2.04. The van der Waals surface area contributed by atoms with Crippen LogP contribution >= 0.6 is 22.9 Å². The number of thiazole rings is 1. The first-order valence-corrected chi connectivity index (χ1v) is 5.96. The predicted molar refractivity (Wildman–Crippen MR) is 67.7 cm³/mol. The van der Waals surface area contributed by atoms with Crippen LogP contribution in [-0.4, -0.2) is 19.9 Å². The molecule has 0 aliphatic rings. The molecule has 84 valence electrons. The molecule has 0 aliphatic carbocycles. The fourth-order valence-electron chi connectivity index (χ4n) is 1.34. The molecule has 17 heavy (non-hydrogen) atoms. The maximum atomic E-state index is 5.93. The maximum Gasteiger partial charge on any atom is 0.189 e. The van der Waals surface area contributed by atoms with Gasteiger partial charge in [-0.05, 0) is 12.1 Å². The molecule has 3 rings (SSSR count). The van der Waals surface area contributed by atoms with Crippen molar-refractivity contribution in [1.29, 1.82) is 0 Å². The SMILES string of the molecule is Clc1ncnc2sc(Nc3cccnc3)nc12. The number of aromatic nitrogens is 4. The first-order valence-electron chi connectivity index (χ1n) is 4.77. The Morgan fingerprint density at radius 2 is 2.24 bits per heavy atom. The molecule has 0 bridgehead atoms. The van der Waals surface area contributed by atoms with Gasteiger partial charge in [-0.25, -0.2) is 15.0 Å². The van der Waals surface area contributed by atoms with Crippen molar-refractivity contribution in [3.8, 4) is 0 Å². The lowest BCUT2D eigenvalue weighted by molar-refractivity contribution is 1.22. The van der Waals surface area contributed by atoms with E-state index in [4.69, 9.17) is 11.6 Å². The van der Waals surface area contributed by atoms with Gasteiger partial charge in [-0.2, -0.15) is 0 Å². The molecule has 0 fully saturated rings. The molecule has 0 spiro atoms. The van der Waals surface area contributed by atoms with E-state index in [9.17, 15) is 0 Å². The molecule has 0 amide bonds. The van der Waals surface area contributed by atoms with Gasteiger partial charge in [-0.1, -0.05) is 22.9 Å². The molecule has 5 nitrogen and oxygen atoms in total. The molecule has 0 saturated heterocycles. The second-order valence-electron chi connectivity index (χ2n) is 3.20. The maximum absolute atomic E-state index is 5.93. The second-order valence-corrected chi connectivity index (χ2v) is 4.54. The van der Waals surface area contributed by atoms with Crippen molar-refractivity contribution < 1.29 is 0 Å². The lowest BCUT2D eigenvalue weighted by atomic mass is 10.4. The van der Waals surface area contributed by atoms with Crippen LogP contribution in [0.5, 0.6) is 0 Å². The molecule has 7 heteroatoms. The minimum absolute atomic E-state index is 0.366. The number of hydrogen-bond acceptors (Lipinski definition) is 6. The topological polar surface area (TPSA) is 63.6 Å². The molecular weight excluding hydrogens is 258 g/mol. The van der Waals surface area contributed by atoms with Gasteiger partial charge in [0, 0.05) is 6.20 Å². The fraction of sp³-hybridized carbons (Fsp3) is 0. The number of hydrogen-bond donors (Lipinski definition) is 1. The highest BCUT2D eigenvalue weighted by molar-refractivity contribution is 7.21. The van der Waals surface area contributed by atoms with Gasteiger partial charge in [0.1, 0.15) is 16.7 Å². The van der Waals surface area contributed by atoms with Crippen molar-refractivity contribution in [2.75, 3.05) is 5.32 Å². The molecule has 3 aromatic rings. The smallest absolute Gasteiger partial charge is 0.189 e. The molecule has 0 atom stereocenters. The van der Waals surface area contributed by atoms with E-state index < -0.39 is 0 Å². The third-order valence-electron chi connectivity index (χ3n) is 2.06. The van der Waals surface area contributed by atoms with Crippen LogP contribution in [0, 0.1) is 0 Å². The summed E-state index contributed by atoms with van der Waals surface area (Å²) in [4.78, 5) is 17.1. The minimum atomic E-state index is 0.366. The summed E-state index contributed by atoms with van der Waals surface area (Å²) < 4.78 is 0. The number of pyridine rings is 1. The lowest BCUT2D eigenvalue weighted by Crippen LogP contribution is -1.89. The van der Waals surface area contributed by atoms with Gasteiger partial charge >= 0.3 is 0 Å². The third-order valence-corrected chi connectivity index (χ3v) is 3.22. The Hall–Kier alpha value is -1.79. The molecule has 0 aromatic carbocycles. The molecule has 0 radical (unpaired) electrons. The Labute approximate surface area is 106 Å². The van der Waals surface area contributed by atoms with E-state index in [1.807, 2.05) is 12.1 Å². The Kier molecular flexibility index (Phi) is 2.58. The zero-order valence-electron chi connectivity index (χ0n) is 8.46. The Morgan fingerprint density at radius 1 is 1.29 bits per heavy atom. The number of fused-ring (bicyclic) bond motifs is 1. The zero-order chi connectivity index (χ0) is 11.7. The molecule has 3 heterocycles. The fourth-order valence-corrected chi connectivity index (χ4v) is 2.40.